The number of likely N-dealkylation sites (tertiary alicyclic amines) is 1. The van der Waals surface area contributed by atoms with Crippen molar-refractivity contribution in [3.63, 3.8) is 0 Å². The van der Waals surface area contributed by atoms with Crippen molar-refractivity contribution in [1.82, 2.24) is 4.90 Å². The zero-order valence-electron chi connectivity index (χ0n) is 11.0. The van der Waals surface area contributed by atoms with Gasteiger partial charge in [0.25, 0.3) is 0 Å². The van der Waals surface area contributed by atoms with Gasteiger partial charge in [-0.1, -0.05) is 19.8 Å². The van der Waals surface area contributed by atoms with Gasteiger partial charge in [-0.05, 0) is 31.7 Å². The maximum atomic E-state index is 6.21. The first-order chi connectivity index (χ1) is 8.19. The molecule has 98 valence electrons. The summed E-state index contributed by atoms with van der Waals surface area (Å²) in [6, 6.07) is 1.08. The summed E-state index contributed by atoms with van der Waals surface area (Å²) >= 11 is 0. The molecular formula is C14H26N2O. The van der Waals surface area contributed by atoms with Crippen LogP contribution in [0.5, 0.6) is 0 Å². The molecule has 2 aliphatic heterocycles. The van der Waals surface area contributed by atoms with E-state index in [0.717, 1.165) is 31.7 Å². The lowest BCUT2D eigenvalue weighted by molar-refractivity contribution is 0.0952. The van der Waals surface area contributed by atoms with E-state index < -0.39 is 0 Å². The van der Waals surface area contributed by atoms with Crippen molar-refractivity contribution < 1.29 is 4.74 Å². The van der Waals surface area contributed by atoms with E-state index >= 15 is 0 Å². The molecule has 0 aromatic rings. The highest BCUT2D eigenvalue weighted by Gasteiger charge is 2.43. The van der Waals surface area contributed by atoms with Gasteiger partial charge in [0.1, 0.15) is 0 Å². The van der Waals surface area contributed by atoms with E-state index in [2.05, 4.69) is 11.8 Å². The molecule has 0 aromatic heterocycles. The average Bonchev–Trinajstić information content (AvgIpc) is 2.86. The molecule has 0 spiro atoms. The zero-order chi connectivity index (χ0) is 11.9. The Balaban J connectivity index is 1.65. The fraction of sp³-hybridized carbons (Fsp3) is 1.00. The quantitative estimate of drug-likeness (QED) is 0.794. The van der Waals surface area contributed by atoms with Gasteiger partial charge >= 0.3 is 0 Å². The number of nitrogens with two attached hydrogens (primary N) is 1. The Morgan fingerprint density at radius 3 is 2.88 bits per heavy atom. The first-order valence-electron chi connectivity index (χ1n) is 7.26. The standard InChI is InChI=1S/C14H26N2O/c1-14(10-17-8-13(14)15)9-16-7-6-11-4-2-3-5-12(11)16/h11-13H,2-10,15H2,1H3. The Kier molecular flexibility index (Phi) is 3.18. The van der Waals surface area contributed by atoms with Crippen LogP contribution in [0, 0.1) is 11.3 Å². The second kappa shape index (κ2) is 4.52. The van der Waals surface area contributed by atoms with Crippen LogP contribution in [-0.2, 0) is 4.74 Å². The molecule has 2 N–H and O–H groups in total. The Morgan fingerprint density at radius 2 is 2.12 bits per heavy atom. The van der Waals surface area contributed by atoms with E-state index in [1.807, 2.05) is 0 Å². The first-order valence-corrected chi connectivity index (χ1v) is 7.26. The van der Waals surface area contributed by atoms with Crippen LogP contribution in [0.1, 0.15) is 39.0 Å². The van der Waals surface area contributed by atoms with Crippen molar-refractivity contribution in [3.05, 3.63) is 0 Å². The lowest BCUT2D eigenvalue weighted by Gasteiger charge is -2.37. The van der Waals surface area contributed by atoms with Crippen molar-refractivity contribution in [2.24, 2.45) is 17.1 Å². The number of ether oxygens (including phenoxy) is 1. The number of fused-ring (bicyclic) bond motifs is 1. The van der Waals surface area contributed by atoms with Gasteiger partial charge in [-0.3, -0.25) is 4.90 Å². The molecule has 3 heteroatoms. The monoisotopic (exact) mass is 238 g/mol. The largest absolute Gasteiger partial charge is 0.379 e. The molecule has 2 saturated heterocycles. The van der Waals surface area contributed by atoms with Crippen LogP contribution in [-0.4, -0.2) is 43.3 Å². The summed E-state index contributed by atoms with van der Waals surface area (Å²) in [5.41, 5.74) is 6.39. The Morgan fingerprint density at radius 1 is 1.29 bits per heavy atom. The van der Waals surface area contributed by atoms with Crippen molar-refractivity contribution in [1.29, 1.82) is 0 Å². The third-order valence-electron chi connectivity index (χ3n) is 5.31. The van der Waals surface area contributed by atoms with Crippen LogP contribution in [0.2, 0.25) is 0 Å². The van der Waals surface area contributed by atoms with Gasteiger partial charge in [-0.2, -0.15) is 0 Å². The maximum absolute atomic E-state index is 6.21. The molecule has 3 aliphatic rings. The van der Waals surface area contributed by atoms with Crippen LogP contribution in [0.4, 0.5) is 0 Å². The molecule has 0 bridgehead atoms. The average molecular weight is 238 g/mol. The number of hydrogen-bond acceptors (Lipinski definition) is 3. The number of hydrogen-bond donors (Lipinski definition) is 1. The molecule has 1 saturated carbocycles. The summed E-state index contributed by atoms with van der Waals surface area (Å²) in [6.07, 6.45) is 7.17. The topological polar surface area (TPSA) is 38.5 Å². The highest BCUT2D eigenvalue weighted by molar-refractivity contribution is 4.97. The molecule has 17 heavy (non-hydrogen) atoms. The normalized spacial score (nSPS) is 47.3. The molecule has 4 unspecified atom stereocenters. The SMILES string of the molecule is CC1(CN2CCC3CCCCC32)COCC1N. The molecular weight excluding hydrogens is 212 g/mol. The van der Waals surface area contributed by atoms with E-state index in [1.165, 1.54) is 38.6 Å². The van der Waals surface area contributed by atoms with Crippen molar-refractivity contribution >= 4 is 0 Å². The van der Waals surface area contributed by atoms with Gasteiger partial charge in [0.15, 0.2) is 0 Å². The van der Waals surface area contributed by atoms with Crippen molar-refractivity contribution in [3.8, 4) is 0 Å². The van der Waals surface area contributed by atoms with E-state index in [-0.39, 0.29) is 11.5 Å². The van der Waals surface area contributed by atoms with Gasteiger partial charge in [-0.15, -0.1) is 0 Å². The predicted molar refractivity (Wildman–Crippen MR) is 68.8 cm³/mol. The second-order valence-electron chi connectivity index (χ2n) is 6.65. The van der Waals surface area contributed by atoms with Gasteiger partial charge in [0.2, 0.25) is 0 Å². The number of rotatable bonds is 2. The minimum absolute atomic E-state index is 0.187. The smallest absolute Gasteiger partial charge is 0.0624 e. The third-order valence-corrected chi connectivity index (χ3v) is 5.31. The summed E-state index contributed by atoms with van der Waals surface area (Å²) in [5, 5.41) is 0. The van der Waals surface area contributed by atoms with Crippen LogP contribution in [0.3, 0.4) is 0 Å². The van der Waals surface area contributed by atoms with Crippen LogP contribution < -0.4 is 5.73 Å². The molecule has 0 aromatic carbocycles. The predicted octanol–water partition coefficient (Wildman–Crippen LogP) is 1.61. The van der Waals surface area contributed by atoms with Gasteiger partial charge in [0, 0.05) is 24.0 Å². The van der Waals surface area contributed by atoms with Crippen LogP contribution in [0.25, 0.3) is 0 Å². The highest BCUT2D eigenvalue weighted by Crippen LogP contribution is 2.39. The van der Waals surface area contributed by atoms with Crippen molar-refractivity contribution in [2.75, 3.05) is 26.3 Å². The van der Waals surface area contributed by atoms with E-state index in [9.17, 15) is 0 Å². The van der Waals surface area contributed by atoms with Gasteiger partial charge < -0.3 is 10.5 Å². The Bertz CT molecular complexity index is 283. The van der Waals surface area contributed by atoms with E-state index in [4.69, 9.17) is 10.5 Å². The lowest BCUT2D eigenvalue weighted by atomic mass is 9.82. The first kappa shape index (κ1) is 11.9. The maximum Gasteiger partial charge on any atom is 0.0624 e. The minimum Gasteiger partial charge on any atom is -0.379 e. The Labute approximate surface area is 105 Å². The Hall–Kier alpha value is -0.120. The zero-order valence-corrected chi connectivity index (χ0v) is 11.0. The molecule has 3 nitrogen and oxygen atoms in total. The lowest BCUT2D eigenvalue weighted by Crippen LogP contribution is -2.49. The molecule has 2 heterocycles. The summed E-state index contributed by atoms with van der Waals surface area (Å²) in [7, 11) is 0. The van der Waals surface area contributed by atoms with E-state index in [1.54, 1.807) is 0 Å². The fourth-order valence-electron chi connectivity index (χ4n) is 4.05. The molecule has 1 aliphatic carbocycles. The van der Waals surface area contributed by atoms with E-state index in [0.29, 0.717) is 0 Å². The molecule has 0 radical (unpaired) electrons. The molecule has 3 fully saturated rings. The second-order valence-corrected chi connectivity index (χ2v) is 6.65. The number of nitrogens with zero attached hydrogens (tertiary/aromatic N) is 1. The molecule has 4 atom stereocenters. The third kappa shape index (κ3) is 2.13. The van der Waals surface area contributed by atoms with Crippen LogP contribution >= 0.6 is 0 Å². The van der Waals surface area contributed by atoms with Crippen molar-refractivity contribution in [2.45, 2.75) is 51.1 Å². The fourth-order valence-corrected chi connectivity index (χ4v) is 4.05. The summed E-state index contributed by atoms with van der Waals surface area (Å²) in [5.74, 6) is 0.978. The minimum atomic E-state index is 0.187. The summed E-state index contributed by atoms with van der Waals surface area (Å²) in [4.78, 5) is 2.72. The molecule has 3 rings (SSSR count). The highest BCUT2D eigenvalue weighted by atomic mass is 16.5. The van der Waals surface area contributed by atoms with Gasteiger partial charge in [-0.25, -0.2) is 0 Å². The summed E-state index contributed by atoms with van der Waals surface area (Å²) < 4.78 is 5.57. The summed E-state index contributed by atoms with van der Waals surface area (Å²) in [6.45, 7) is 6.34. The molecule has 0 amide bonds. The van der Waals surface area contributed by atoms with Crippen LogP contribution in [0.15, 0.2) is 0 Å². The van der Waals surface area contributed by atoms with Gasteiger partial charge in [0.05, 0.1) is 13.2 Å².